The third-order valence-corrected chi connectivity index (χ3v) is 27.2. The lowest BCUT2D eigenvalue weighted by Gasteiger charge is -2.36. The summed E-state index contributed by atoms with van der Waals surface area (Å²) in [5, 5.41) is 49.9. The molecule has 0 bridgehead atoms. The van der Waals surface area contributed by atoms with Crippen LogP contribution in [0.2, 0.25) is 0 Å². The van der Waals surface area contributed by atoms with E-state index in [1.165, 1.54) is 67.0 Å². The van der Waals surface area contributed by atoms with Crippen LogP contribution < -0.4 is 76.1 Å². The number of aliphatic hydroxyl groups is 1. The first kappa shape index (κ1) is 107. The average molecular weight is 1910 g/mol. The third kappa shape index (κ3) is 29.6. The molecule has 3 aromatic carbocycles. The Balaban J connectivity index is 1.10. The van der Waals surface area contributed by atoms with Gasteiger partial charge in [0.25, 0.3) is 0 Å². The van der Waals surface area contributed by atoms with Crippen molar-refractivity contribution in [2.75, 3.05) is 72.0 Å². The molecule has 4 fully saturated rings. The van der Waals surface area contributed by atoms with Crippen molar-refractivity contribution in [3.8, 4) is 5.75 Å². The maximum atomic E-state index is 15.8. The van der Waals surface area contributed by atoms with Gasteiger partial charge in [-0.05, 0) is 124 Å². The highest BCUT2D eigenvalue weighted by molar-refractivity contribution is 8.00. The van der Waals surface area contributed by atoms with Gasteiger partial charge in [-0.15, -0.1) is 11.8 Å². The number of rotatable bonds is 27. The number of thioether (sulfide) groups is 1. The van der Waals surface area contributed by atoms with Crippen molar-refractivity contribution in [2.24, 2.45) is 40.7 Å². The number of benzene rings is 3. The van der Waals surface area contributed by atoms with Crippen molar-refractivity contribution in [2.45, 2.75) is 267 Å². The van der Waals surface area contributed by atoms with Crippen molar-refractivity contribution in [3.05, 3.63) is 102 Å². The lowest BCUT2D eigenvalue weighted by molar-refractivity contribution is -0.149. The number of carbonyl (C=O) groups excluding carboxylic acids is 17. The number of aliphatic hydroxyl groups excluding tert-OH is 1. The summed E-state index contributed by atoms with van der Waals surface area (Å²) in [6.07, 6.45) is 9.67. The molecule has 1 saturated carbocycles. The quantitative estimate of drug-likeness (QED) is 0.0311. The number of aromatic hydroxyl groups is 1. The van der Waals surface area contributed by atoms with Crippen LogP contribution in [0.4, 0.5) is 0 Å². The fourth-order valence-corrected chi connectivity index (χ4v) is 19.2. The molecule has 0 radical (unpaired) electrons. The Hall–Kier alpha value is -12.2. The number of amides is 17. The van der Waals surface area contributed by atoms with E-state index < -0.39 is 223 Å². The number of phenols is 1. The number of phenolic OH excluding ortho intramolecular Hbond substituents is 1. The van der Waals surface area contributed by atoms with Gasteiger partial charge in [0.15, 0.2) is 0 Å². The highest BCUT2D eigenvalue weighted by Gasteiger charge is 2.48. The van der Waals surface area contributed by atoms with E-state index in [2.05, 4.69) is 63.1 Å². The van der Waals surface area contributed by atoms with E-state index in [0.29, 0.717) is 83.4 Å². The maximum Gasteiger partial charge on any atom is 0.246 e. The predicted molar refractivity (Wildman–Crippen MR) is 509 cm³/mol. The van der Waals surface area contributed by atoms with E-state index in [4.69, 9.17) is 22.9 Å². The normalized spacial score (nSPS) is 25.6. The van der Waals surface area contributed by atoms with Gasteiger partial charge in [0.1, 0.15) is 90.3 Å². The van der Waals surface area contributed by atoms with Crippen LogP contribution in [0.25, 0.3) is 21.8 Å². The van der Waals surface area contributed by atoms with Gasteiger partial charge in [0.05, 0.1) is 25.3 Å². The number of fused-ring (bicyclic) bond motifs is 4. The first-order valence-electron chi connectivity index (χ1n) is 47.4. The van der Waals surface area contributed by atoms with Crippen molar-refractivity contribution >= 4 is 134 Å². The lowest BCUT2D eigenvalue weighted by atomic mass is 9.79. The van der Waals surface area contributed by atoms with E-state index in [1.54, 1.807) is 42.7 Å². The standard InChI is InChI=1S/C95H139N21O19S/c1-9-11-31-75-88(128)104-66(30-17-14-22-38-96)84(124)111-74(83(123)102-49-80(99)120)52-136-53-81(121)103-69(41-56-34-36-61(118)37-35-56)91(131)112(6)55(5)82(122)106-71(45-79(98)119)93(133)115-39-23-33-76(115)89(129)109-72(46-97)86(126)107-68(40-54(3)4)94(134)116-50-60(57-24-15-13-16-25-57)44-78(116)90(130)105-67(42-58-47-100-64-28-20-18-26-62(58)64)85(125)110-73(51-117)87(127)108-70(43-59-48-101-65-29-21-19-27-63(59)65)92(132)114(8)77(32-12-10-2)95(135)113(75)7/h18-21,26-29,34-37,47-48,54-55,57,60,66-78,100-101,117-118H,9-17,22-25,30-33,38-46,49-53,96-97H2,1-8H3,(H2,98,119)(H2,99,120)(H,102,123)(H,103,121)(H,104,128)(H,105,130)(H,106,122)(H,107,126)(H,108,127)(H,109,129)(H,110,125)(H,111,124)/t55-,60+,66-,67-,68-,69-,70-,71-,72-,73-,74-,75-,76-,77-,78-/m0/s1. The fourth-order valence-electron chi connectivity index (χ4n) is 18.3. The zero-order valence-corrected chi connectivity index (χ0v) is 79.9. The van der Waals surface area contributed by atoms with Gasteiger partial charge in [-0.1, -0.05) is 147 Å². The molecule has 15 atom stereocenters. The molecule has 5 heterocycles. The van der Waals surface area contributed by atoms with Gasteiger partial charge >= 0.3 is 0 Å². The van der Waals surface area contributed by atoms with Crippen molar-refractivity contribution < 1.29 is 91.7 Å². The first-order chi connectivity index (χ1) is 65.0. The molecule has 9 rings (SSSR count). The molecule has 3 aliphatic heterocycles. The second-order valence-corrected chi connectivity index (χ2v) is 37.6. The van der Waals surface area contributed by atoms with E-state index in [-0.39, 0.29) is 107 Å². The number of aromatic amines is 2. The number of hydrogen-bond donors (Lipinski definition) is 18. The minimum atomic E-state index is -1.84. The van der Waals surface area contributed by atoms with Gasteiger partial charge < -0.3 is 121 Å². The number of nitrogens with zero attached hydrogens (tertiary/aromatic N) is 5. The molecule has 22 N–H and O–H groups in total. The maximum absolute atomic E-state index is 15.8. The molecule has 744 valence electrons. The summed E-state index contributed by atoms with van der Waals surface area (Å²) in [7, 11) is 4.02. The van der Waals surface area contributed by atoms with E-state index in [0.717, 1.165) is 53.7 Å². The number of nitrogens with two attached hydrogens (primary N) is 4. The predicted octanol–water partition coefficient (Wildman–Crippen LogP) is 0.155. The third-order valence-electron chi connectivity index (χ3n) is 26.2. The molecule has 17 amide bonds. The number of unbranched alkanes of at least 4 members (excludes halogenated alkanes) is 4. The number of nitrogens with one attached hydrogen (secondary N) is 12. The molecule has 136 heavy (non-hydrogen) atoms. The molecular weight excluding hydrogens is 1770 g/mol. The summed E-state index contributed by atoms with van der Waals surface area (Å²) in [6, 6.07) is -0.812. The summed E-state index contributed by atoms with van der Waals surface area (Å²) in [6.45, 7) is 6.64. The summed E-state index contributed by atoms with van der Waals surface area (Å²) in [5.74, 6) is -16.5. The molecule has 40 nitrogen and oxygen atoms in total. The number of hydrogen-bond acceptors (Lipinski definition) is 22. The van der Waals surface area contributed by atoms with Crippen molar-refractivity contribution in [1.29, 1.82) is 0 Å². The first-order valence-corrected chi connectivity index (χ1v) is 48.6. The summed E-state index contributed by atoms with van der Waals surface area (Å²) >= 11 is 0.802. The summed E-state index contributed by atoms with van der Waals surface area (Å²) < 4.78 is 0. The van der Waals surface area contributed by atoms with Gasteiger partial charge in [-0.2, -0.15) is 0 Å². The van der Waals surface area contributed by atoms with E-state index >= 15 is 33.6 Å². The average Bonchev–Trinajstić information content (AvgIpc) is 1.06. The fraction of sp³-hybridized carbons (Fsp3) is 0.589. The van der Waals surface area contributed by atoms with Gasteiger partial charge in [0.2, 0.25) is 100 Å². The van der Waals surface area contributed by atoms with Crippen LogP contribution in [0.3, 0.4) is 0 Å². The van der Waals surface area contributed by atoms with Crippen LogP contribution in [0.1, 0.15) is 180 Å². The molecule has 3 saturated heterocycles. The molecule has 0 spiro atoms. The Morgan fingerprint density at radius 3 is 1.65 bits per heavy atom. The number of likely N-dealkylation sites (N-methyl/N-ethyl adjacent to an activating group) is 3. The van der Waals surface area contributed by atoms with E-state index in [9.17, 15) is 58.2 Å². The molecule has 4 aliphatic rings. The monoisotopic (exact) mass is 1910 g/mol. The Morgan fingerprint density at radius 1 is 0.500 bits per heavy atom. The number of primary amides is 2. The van der Waals surface area contributed by atoms with Gasteiger partial charge in [0, 0.05) is 100.0 Å². The van der Waals surface area contributed by atoms with Gasteiger partial charge in [-0.3, -0.25) is 81.5 Å². The second kappa shape index (κ2) is 52.2. The van der Waals surface area contributed by atoms with Crippen molar-refractivity contribution in [1.82, 2.24) is 87.6 Å². The number of carbonyl (C=O) groups is 17. The number of aromatic nitrogens is 2. The minimum absolute atomic E-state index is 0.00801. The summed E-state index contributed by atoms with van der Waals surface area (Å²) in [4.78, 5) is 264. The highest BCUT2D eigenvalue weighted by Crippen LogP contribution is 2.39. The van der Waals surface area contributed by atoms with Crippen molar-refractivity contribution in [3.63, 3.8) is 0 Å². The topological polar surface area (TPSA) is 603 Å². The van der Waals surface area contributed by atoms with Crippen LogP contribution in [-0.4, -0.2) is 302 Å². The zero-order valence-electron chi connectivity index (χ0n) is 79.1. The molecule has 2 aromatic heterocycles. The highest BCUT2D eigenvalue weighted by atomic mass is 32.2. The smallest absolute Gasteiger partial charge is 0.246 e. The van der Waals surface area contributed by atoms with E-state index in [1.807, 2.05) is 45.9 Å². The Kier molecular flexibility index (Phi) is 41.2. The SMILES string of the molecule is CCCC[C@H]1C(=O)N(C)[C@@H](CCCC)C(=O)N[C@@H](CCCCCN)C(=O)N[C@H](C(=O)NCC(N)=O)CSCC(=O)N[C@@H](Cc2ccc(O)cc2)C(=O)N(C)[C@@H](C)C(=O)N[C@@H](CC(N)=O)C(=O)N2CCC[C@H]2C(=O)N[C@@H](CN)C(=O)N[C@@H](CC(C)C)C(=O)N2C[C@H](C3CCCCC3)C[C@H]2C(=O)N[C@@H](Cc2c[nH]c3ccccc23)C(=O)N[C@@H](CO)C(=O)N[C@@H](Cc2c[nH]c3ccccc23)C(=O)N1C. The Morgan fingerprint density at radius 2 is 1.04 bits per heavy atom. The number of para-hydroxylation sites is 2. The molecule has 41 heteroatoms. The molecule has 1 aliphatic carbocycles. The molecular formula is C95H139N21O19S. The number of H-pyrrole nitrogens is 2. The van der Waals surface area contributed by atoms with Gasteiger partial charge in [-0.25, -0.2) is 0 Å². The summed E-state index contributed by atoms with van der Waals surface area (Å²) in [5.41, 5.74) is 26.3. The lowest BCUT2D eigenvalue weighted by Crippen LogP contribution is -2.62. The molecule has 5 aromatic rings. The largest absolute Gasteiger partial charge is 0.508 e. The van der Waals surface area contributed by atoms with Crippen LogP contribution >= 0.6 is 11.8 Å². The molecule has 0 unspecified atom stereocenters. The second-order valence-electron chi connectivity index (χ2n) is 36.6. The zero-order chi connectivity index (χ0) is 99.1. The Labute approximate surface area is 796 Å². The van der Waals surface area contributed by atoms with Crippen LogP contribution in [0, 0.1) is 17.8 Å². The van der Waals surface area contributed by atoms with Crippen LogP contribution in [0.5, 0.6) is 5.75 Å². The van der Waals surface area contributed by atoms with Crippen LogP contribution in [-0.2, 0) is 101 Å². The Bertz CT molecular complexity index is 5010. The van der Waals surface area contributed by atoms with Crippen LogP contribution in [0.15, 0.2) is 85.2 Å². The minimum Gasteiger partial charge on any atom is -0.508 e.